The predicted molar refractivity (Wildman–Crippen MR) is 85.3 cm³/mol. The Morgan fingerprint density at radius 2 is 1.91 bits per heavy atom. The molecular weight excluding hydrogens is 285 g/mol. The van der Waals surface area contributed by atoms with Gasteiger partial charge < -0.3 is 16.0 Å². The average molecular weight is 309 g/mol. The molecule has 1 aromatic rings. The minimum absolute atomic E-state index is 0.0887. The largest absolute Gasteiger partial charge is 0.350 e. The number of carbonyl (C=O) groups is 2. The van der Waals surface area contributed by atoms with Crippen molar-refractivity contribution < 1.29 is 14.0 Å². The highest BCUT2D eigenvalue weighted by Crippen LogP contribution is 2.16. The van der Waals surface area contributed by atoms with Gasteiger partial charge in [0, 0.05) is 24.6 Å². The van der Waals surface area contributed by atoms with Crippen LogP contribution in [0.2, 0.25) is 0 Å². The Labute approximate surface area is 130 Å². The summed E-state index contributed by atoms with van der Waals surface area (Å²) < 4.78 is 14.0. The van der Waals surface area contributed by atoms with E-state index in [0.717, 1.165) is 6.07 Å². The molecule has 2 amide bonds. The molecule has 0 aliphatic carbocycles. The second-order valence-corrected chi connectivity index (χ2v) is 5.74. The van der Waals surface area contributed by atoms with Gasteiger partial charge in [-0.2, -0.15) is 0 Å². The molecular formula is C16H24FN3O2. The first-order valence-corrected chi connectivity index (χ1v) is 7.38. The average Bonchev–Trinajstić information content (AvgIpc) is 2.45. The van der Waals surface area contributed by atoms with Crippen LogP contribution in [0.4, 0.5) is 10.1 Å². The quantitative estimate of drug-likeness (QED) is 0.723. The molecule has 22 heavy (non-hydrogen) atoms. The van der Waals surface area contributed by atoms with Crippen molar-refractivity contribution in [1.82, 2.24) is 10.6 Å². The Balaban J connectivity index is 2.68. The molecule has 1 aromatic carbocycles. The molecule has 0 saturated carbocycles. The Morgan fingerprint density at radius 1 is 1.23 bits per heavy atom. The van der Waals surface area contributed by atoms with E-state index in [9.17, 15) is 14.0 Å². The van der Waals surface area contributed by atoms with Crippen molar-refractivity contribution in [3.05, 3.63) is 29.6 Å². The number of rotatable bonds is 7. The summed E-state index contributed by atoms with van der Waals surface area (Å²) in [6, 6.07) is 4.16. The summed E-state index contributed by atoms with van der Waals surface area (Å²) in [5.74, 6) is -1.01. The molecule has 0 aliphatic heterocycles. The highest BCUT2D eigenvalue weighted by molar-refractivity contribution is 5.96. The maximum Gasteiger partial charge on any atom is 0.251 e. The Bertz CT molecular complexity index is 532. The van der Waals surface area contributed by atoms with Gasteiger partial charge in [0.25, 0.3) is 5.91 Å². The summed E-state index contributed by atoms with van der Waals surface area (Å²) in [6.07, 6.45) is 0.323. The van der Waals surface area contributed by atoms with E-state index in [1.54, 1.807) is 7.05 Å². The zero-order chi connectivity index (χ0) is 16.7. The number of halogens is 1. The molecule has 0 heterocycles. The van der Waals surface area contributed by atoms with Crippen LogP contribution in [-0.2, 0) is 4.79 Å². The zero-order valence-electron chi connectivity index (χ0n) is 13.5. The van der Waals surface area contributed by atoms with Gasteiger partial charge in [0.1, 0.15) is 5.82 Å². The molecule has 0 aromatic heterocycles. The Hall–Kier alpha value is -1.95. The first-order chi connectivity index (χ1) is 10.3. The standard InChI is InChI=1S/C16H24FN3O2/c1-10(2)7-15(21)20-14-6-5-12(8-13(14)17)16(22)19-9-11(3)18-4/h5-6,8,10-11,18H,7,9H2,1-4H3,(H,19,22)(H,20,21). The van der Waals surface area contributed by atoms with E-state index in [1.807, 2.05) is 20.8 Å². The molecule has 1 rings (SSSR count). The van der Waals surface area contributed by atoms with E-state index in [-0.39, 0.29) is 35.0 Å². The molecule has 0 radical (unpaired) electrons. The number of carbonyl (C=O) groups excluding carboxylic acids is 2. The molecule has 122 valence electrons. The van der Waals surface area contributed by atoms with E-state index in [1.165, 1.54) is 12.1 Å². The Kier molecular flexibility index (Phi) is 6.98. The van der Waals surface area contributed by atoms with Crippen molar-refractivity contribution in [2.24, 2.45) is 5.92 Å². The van der Waals surface area contributed by atoms with Crippen LogP contribution in [0.5, 0.6) is 0 Å². The van der Waals surface area contributed by atoms with Crippen LogP contribution >= 0.6 is 0 Å². The van der Waals surface area contributed by atoms with Crippen LogP contribution in [0.1, 0.15) is 37.6 Å². The summed E-state index contributed by atoms with van der Waals surface area (Å²) in [5.41, 5.74) is 0.313. The van der Waals surface area contributed by atoms with Crippen LogP contribution in [0.3, 0.4) is 0 Å². The lowest BCUT2D eigenvalue weighted by Crippen LogP contribution is -2.37. The molecule has 1 atom stereocenters. The molecule has 6 heteroatoms. The fourth-order valence-corrected chi connectivity index (χ4v) is 1.78. The lowest BCUT2D eigenvalue weighted by Gasteiger charge is -2.12. The number of amides is 2. The van der Waals surface area contributed by atoms with Gasteiger partial charge in [0.15, 0.2) is 0 Å². The molecule has 5 nitrogen and oxygen atoms in total. The van der Waals surface area contributed by atoms with Gasteiger partial charge >= 0.3 is 0 Å². The van der Waals surface area contributed by atoms with Crippen LogP contribution in [0, 0.1) is 11.7 Å². The smallest absolute Gasteiger partial charge is 0.251 e. The van der Waals surface area contributed by atoms with E-state index < -0.39 is 5.82 Å². The molecule has 0 aliphatic rings. The summed E-state index contributed by atoms with van der Waals surface area (Å²) in [4.78, 5) is 23.5. The summed E-state index contributed by atoms with van der Waals surface area (Å²) in [6.45, 7) is 6.20. The minimum atomic E-state index is -0.619. The molecule has 0 fully saturated rings. The van der Waals surface area contributed by atoms with Crippen LogP contribution in [0.15, 0.2) is 18.2 Å². The first-order valence-electron chi connectivity index (χ1n) is 7.38. The van der Waals surface area contributed by atoms with Gasteiger partial charge in [-0.1, -0.05) is 13.8 Å². The fourth-order valence-electron chi connectivity index (χ4n) is 1.78. The normalized spacial score (nSPS) is 12.1. The van der Waals surface area contributed by atoms with Gasteiger partial charge in [-0.25, -0.2) is 4.39 Å². The second kappa shape index (κ2) is 8.48. The molecule has 0 spiro atoms. The highest BCUT2D eigenvalue weighted by Gasteiger charge is 2.12. The van der Waals surface area contributed by atoms with Gasteiger partial charge in [0.05, 0.1) is 5.69 Å². The van der Waals surface area contributed by atoms with Gasteiger partial charge in [-0.3, -0.25) is 9.59 Å². The number of benzene rings is 1. The van der Waals surface area contributed by atoms with Crippen LogP contribution in [0.25, 0.3) is 0 Å². The number of anilines is 1. The SMILES string of the molecule is CNC(C)CNC(=O)c1ccc(NC(=O)CC(C)C)c(F)c1. The fraction of sp³-hybridized carbons (Fsp3) is 0.500. The summed E-state index contributed by atoms with van der Waals surface area (Å²) in [5, 5.41) is 8.21. The third-order valence-electron chi connectivity index (χ3n) is 3.16. The number of nitrogens with one attached hydrogen (secondary N) is 3. The van der Waals surface area contributed by atoms with Crippen molar-refractivity contribution in [2.45, 2.75) is 33.2 Å². The van der Waals surface area contributed by atoms with Crippen molar-refractivity contribution in [3.8, 4) is 0 Å². The topological polar surface area (TPSA) is 70.2 Å². The zero-order valence-corrected chi connectivity index (χ0v) is 13.5. The monoisotopic (exact) mass is 309 g/mol. The predicted octanol–water partition coefficient (Wildman–Crippen LogP) is 2.15. The van der Waals surface area contributed by atoms with E-state index >= 15 is 0 Å². The number of hydrogen-bond donors (Lipinski definition) is 3. The summed E-state index contributed by atoms with van der Waals surface area (Å²) in [7, 11) is 1.80. The molecule has 1 unspecified atom stereocenters. The molecule has 0 bridgehead atoms. The van der Waals surface area contributed by atoms with Crippen LogP contribution in [-0.4, -0.2) is 31.4 Å². The molecule has 0 saturated heterocycles. The minimum Gasteiger partial charge on any atom is -0.350 e. The second-order valence-electron chi connectivity index (χ2n) is 5.74. The maximum absolute atomic E-state index is 14.0. The maximum atomic E-state index is 14.0. The van der Waals surface area contributed by atoms with Gasteiger partial charge in [-0.15, -0.1) is 0 Å². The van der Waals surface area contributed by atoms with Crippen molar-refractivity contribution >= 4 is 17.5 Å². The lowest BCUT2D eigenvalue weighted by atomic mass is 10.1. The van der Waals surface area contributed by atoms with Gasteiger partial charge in [-0.05, 0) is 38.1 Å². The van der Waals surface area contributed by atoms with E-state index in [2.05, 4.69) is 16.0 Å². The van der Waals surface area contributed by atoms with E-state index in [0.29, 0.717) is 13.0 Å². The highest BCUT2D eigenvalue weighted by atomic mass is 19.1. The van der Waals surface area contributed by atoms with Crippen LogP contribution < -0.4 is 16.0 Å². The summed E-state index contributed by atoms with van der Waals surface area (Å²) >= 11 is 0. The van der Waals surface area contributed by atoms with Gasteiger partial charge in [0.2, 0.25) is 5.91 Å². The number of hydrogen-bond acceptors (Lipinski definition) is 3. The third-order valence-corrected chi connectivity index (χ3v) is 3.16. The third kappa shape index (κ3) is 5.81. The van der Waals surface area contributed by atoms with E-state index in [4.69, 9.17) is 0 Å². The van der Waals surface area contributed by atoms with Crippen molar-refractivity contribution in [1.29, 1.82) is 0 Å². The Morgan fingerprint density at radius 3 is 2.45 bits per heavy atom. The van der Waals surface area contributed by atoms with Crippen molar-refractivity contribution in [3.63, 3.8) is 0 Å². The lowest BCUT2D eigenvalue weighted by molar-refractivity contribution is -0.116. The first kappa shape index (κ1) is 18.1. The molecule has 3 N–H and O–H groups in total. The van der Waals surface area contributed by atoms with Crippen molar-refractivity contribution in [2.75, 3.05) is 18.9 Å². The number of likely N-dealkylation sites (N-methyl/N-ethyl adjacent to an activating group) is 1.